The number of hydrogen-bond donors (Lipinski definition) is 0. The third-order valence-corrected chi connectivity index (χ3v) is 0. The zero-order chi connectivity index (χ0) is 2.71. The molecule has 0 aliphatic carbocycles. The highest BCUT2D eigenvalue weighted by Crippen LogP contribution is 0.787. The van der Waals surface area contributed by atoms with E-state index >= 15 is 0 Å². The second kappa shape index (κ2) is 2110. The molecule has 88 valence electrons. The molecule has 0 unspecified atom stereocenters. The molecule has 4 heteroatoms. The van der Waals surface area contributed by atoms with E-state index < -0.39 is 0 Å². The van der Waals surface area contributed by atoms with Gasteiger partial charge in [0.15, 0.2) is 0 Å². The quantitative estimate of drug-likeness (QED) is 0.613. The van der Waals surface area contributed by atoms with Crippen LogP contribution in [0.2, 0.25) is 0 Å². The standard InChI is InChI=1S/CO2.7CH4.H2O.H2S/c2-1-3;;;;;;;;;/h;7*1H4;2*1H2. The van der Waals surface area contributed by atoms with E-state index in [0.717, 1.165) is 0 Å². The highest BCUT2D eigenvalue weighted by atomic mass is 32.1. The molecule has 0 rings (SSSR count). The normalized spacial score (nSPS) is 0.667. The summed E-state index contributed by atoms with van der Waals surface area (Å²) in [6.45, 7) is 0. The minimum atomic E-state index is 0. The van der Waals surface area contributed by atoms with Crippen molar-refractivity contribution in [3.8, 4) is 0 Å². The monoisotopic (exact) mass is 208 g/mol. The Morgan fingerprint density at radius 3 is 0.583 bits per heavy atom. The van der Waals surface area contributed by atoms with Gasteiger partial charge >= 0.3 is 6.15 Å². The Morgan fingerprint density at radius 1 is 0.583 bits per heavy atom. The number of rotatable bonds is 0. The van der Waals surface area contributed by atoms with Crippen molar-refractivity contribution in [1.82, 2.24) is 0 Å². The van der Waals surface area contributed by atoms with Crippen molar-refractivity contribution in [3.63, 3.8) is 0 Å². The van der Waals surface area contributed by atoms with Gasteiger partial charge in [0.05, 0.1) is 0 Å². The van der Waals surface area contributed by atoms with Crippen molar-refractivity contribution in [2.24, 2.45) is 0 Å². The van der Waals surface area contributed by atoms with Gasteiger partial charge in [-0.25, -0.2) is 0 Å². The predicted molar refractivity (Wildman–Crippen MR) is 66.1 cm³/mol. The predicted octanol–water partition coefficient (Wildman–Crippen LogP) is 3.16. The summed E-state index contributed by atoms with van der Waals surface area (Å²) in [5, 5.41) is 0. The van der Waals surface area contributed by atoms with Crippen LogP contribution in [-0.2, 0) is 9.59 Å². The summed E-state index contributed by atoms with van der Waals surface area (Å²) in [7, 11) is 0. The van der Waals surface area contributed by atoms with Crippen LogP contribution in [0.3, 0.4) is 0 Å². The van der Waals surface area contributed by atoms with E-state index in [4.69, 9.17) is 9.59 Å². The van der Waals surface area contributed by atoms with Crippen LogP contribution < -0.4 is 0 Å². The molecular weight excluding hydrogens is 176 g/mol. The van der Waals surface area contributed by atoms with Crippen molar-refractivity contribution in [2.45, 2.75) is 52.0 Å². The molecule has 12 heavy (non-hydrogen) atoms. The molecule has 0 aliphatic rings. The highest BCUT2D eigenvalue weighted by molar-refractivity contribution is 7.59. The lowest BCUT2D eigenvalue weighted by Gasteiger charge is -0.945. The van der Waals surface area contributed by atoms with E-state index in [-0.39, 0.29) is 77.1 Å². The average Bonchev–Trinajstić information content (AvgIpc) is 0.918. The Kier molecular flexibility index (Phi) is 82200. The molecule has 0 atom stereocenters. The zero-order valence-electron chi connectivity index (χ0n) is 2.32. The van der Waals surface area contributed by atoms with Crippen LogP contribution in [0.4, 0.5) is 0 Å². The molecule has 0 aliphatic heterocycles. The molecule has 2 N–H and O–H groups in total. The van der Waals surface area contributed by atoms with Gasteiger partial charge < -0.3 is 5.48 Å². The summed E-state index contributed by atoms with van der Waals surface area (Å²) in [5.41, 5.74) is 0. The van der Waals surface area contributed by atoms with E-state index in [0.29, 0.717) is 0 Å². The molecule has 0 aromatic carbocycles. The fraction of sp³-hybridized carbons (Fsp3) is 0.875. The van der Waals surface area contributed by atoms with Crippen LogP contribution in [0.25, 0.3) is 0 Å². The Labute approximate surface area is 87.3 Å². The molecule has 0 heterocycles. The SMILES string of the molecule is C.C.C.C.C.C.C.O.O=C=O.S. The second-order valence-electron chi connectivity index (χ2n) is 0.0833. The maximum absolute atomic E-state index is 8.12. The summed E-state index contributed by atoms with van der Waals surface area (Å²) in [6.07, 6.45) is 0.250. The van der Waals surface area contributed by atoms with Gasteiger partial charge in [-0.2, -0.15) is 23.1 Å². The summed E-state index contributed by atoms with van der Waals surface area (Å²) in [5.74, 6) is 0. The Morgan fingerprint density at radius 2 is 0.583 bits per heavy atom. The molecule has 0 saturated carbocycles. The molecule has 0 spiro atoms. The summed E-state index contributed by atoms with van der Waals surface area (Å²) in [6, 6.07) is 0. The first-order valence-electron chi connectivity index (χ1n) is 0.408. The lowest BCUT2D eigenvalue weighted by molar-refractivity contribution is -0.191. The van der Waals surface area contributed by atoms with Crippen molar-refractivity contribution >= 4 is 19.6 Å². The van der Waals surface area contributed by atoms with Gasteiger partial charge in [0.25, 0.3) is 0 Å². The van der Waals surface area contributed by atoms with Crippen LogP contribution in [0.5, 0.6) is 0 Å². The second-order valence-corrected chi connectivity index (χ2v) is 0.0833. The summed E-state index contributed by atoms with van der Waals surface area (Å²) < 4.78 is 0. The lowest BCUT2D eigenvalue weighted by atomic mass is 11.8. The molecule has 0 fully saturated rings. The smallest absolute Gasteiger partial charge is 0.373 e. The molecule has 0 radical (unpaired) electrons. The lowest BCUT2D eigenvalue weighted by Crippen LogP contribution is -1.22. The van der Waals surface area contributed by atoms with Crippen molar-refractivity contribution in [1.29, 1.82) is 0 Å². The zero-order valence-corrected chi connectivity index (χ0v) is 3.32. The first kappa shape index (κ1) is 468. The Balaban J connectivity index is -0.000000000556. The summed E-state index contributed by atoms with van der Waals surface area (Å²) >= 11 is 0. The van der Waals surface area contributed by atoms with Gasteiger partial charge in [0.2, 0.25) is 0 Å². The Hall–Kier alpha value is -0.310. The van der Waals surface area contributed by atoms with Crippen LogP contribution in [0.1, 0.15) is 52.0 Å². The number of carbonyl (C=O) groups excluding carboxylic acids is 2. The molecule has 0 saturated heterocycles. The van der Waals surface area contributed by atoms with Crippen molar-refractivity contribution < 1.29 is 15.1 Å². The van der Waals surface area contributed by atoms with E-state index in [9.17, 15) is 0 Å². The molecule has 0 amide bonds. The third kappa shape index (κ3) is 7610. The first-order chi connectivity index (χ1) is 1.41. The largest absolute Gasteiger partial charge is 0.412 e. The summed E-state index contributed by atoms with van der Waals surface area (Å²) in [4.78, 5) is 16.2. The van der Waals surface area contributed by atoms with E-state index in [1.165, 1.54) is 0 Å². The van der Waals surface area contributed by atoms with Crippen LogP contribution in [0, 0.1) is 0 Å². The molecule has 0 bridgehead atoms. The van der Waals surface area contributed by atoms with E-state index in [2.05, 4.69) is 0 Å². The van der Waals surface area contributed by atoms with Gasteiger partial charge in [-0.1, -0.05) is 52.0 Å². The topological polar surface area (TPSA) is 65.6 Å². The van der Waals surface area contributed by atoms with Gasteiger partial charge in [-0.15, -0.1) is 0 Å². The Bertz CT molecular complexity index is 35.3. The number of hydrogen-bond acceptors (Lipinski definition) is 2. The van der Waals surface area contributed by atoms with Crippen LogP contribution >= 0.6 is 13.5 Å². The van der Waals surface area contributed by atoms with Crippen molar-refractivity contribution in [3.05, 3.63) is 0 Å². The minimum Gasteiger partial charge on any atom is -0.412 e. The minimum absolute atomic E-state index is 0. The maximum atomic E-state index is 8.12. The average molecular weight is 208 g/mol. The fourth-order valence-electron chi connectivity index (χ4n) is 0. The van der Waals surface area contributed by atoms with E-state index in [1.807, 2.05) is 0 Å². The molecular formula is C8H32O3S. The van der Waals surface area contributed by atoms with Gasteiger partial charge in [-0.3, -0.25) is 0 Å². The van der Waals surface area contributed by atoms with Crippen LogP contribution in [-0.4, -0.2) is 11.6 Å². The highest BCUT2D eigenvalue weighted by Gasteiger charge is 1.13. The maximum Gasteiger partial charge on any atom is 0.373 e. The first-order valence-corrected chi connectivity index (χ1v) is 0.408. The van der Waals surface area contributed by atoms with Gasteiger partial charge in [0, 0.05) is 0 Å². The van der Waals surface area contributed by atoms with Gasteiger partial charge in [-0.05, 0) is 0 Å². The molecule has 0 aromatic rings. The van der Waals surface area contributed by atoms with Crippen LogP contribution in [0.15, 0.2) is 0 Å². The third-order valence-electron chi connectivity index (χ3n) is 0. The molecule has 0 aromatic heterocycles. The van der Waals surface area contributed by atoms with Crippen molar-refractivity contribution in [2.75, 3.05) is 0 Å². The fourth-order valence-corrected chi connectivity index (χ4v) is 0. The van der Waals surface area contributed by atoms with E-state index in [1.54, 1.807) is 0 Å². The van der Waals surface area contributed by atoms with Gasteiger partial charge in [0.1, 0.15) is 0 Å². The molecule has 3 nitrogen and oxygen atoms in total.